The summed E-state index contributed by atoms with van der Waals surface area (Å²) in [4.78, 5) is 26.0. The number of hydrogen-bond acceptors (Lipinski definition) is 4. The molecule has 0 bridgehead atoms. The second-order valence-electron chi connectivity index (χ2n) is 4.78. The first-order valence-corrected chi connectivity index (χ1v) is 7.59. The fourth-order valence-electron chi connectivity index (χ4n) is 2.44. The van der Waals surface area contributed by atoms with Gasteiger partial charge >= 0.3 is 5.97 Å². The lowest BCUT2D eigenvalue weighted by Gasteiger charge is -2.20. The molecule has 0 atom stereocenters. The second-order valence-corrected chi connectivity index (χ2v) is 5.73. The Kier molecular flexibility index (Phi) is 5.01. The van der Waals surface area contributed by atoms with E-state index >= 15 is 0 Å². The zero-order valence-corrected chi connectivity index (χ0v) is 11.6. The van der Waals surface area contributed by atoms with Crippen molar-refractivity contribution in [1.29, 1.82) is 0 Å². The van der Waals surface area contributed by atoms with Crippen LogP contribution >= 0.6 is 11.8 Å². The lowest BCUT2D eigenvalue weighted by Crippen LogP contribution is -2.18. The van der Waals surface area contributed by atoms with E-state index in [1.54, 1.807) is 6.20 Å². The third-order valence-electron chi connectivity index (χ3n) is 3.35. The van der Waals surface area contributed by atoms with Crippen molar-refractivity contribution in [2.45, 2.75) is 49.7 Å². The van der Waals surface area contributed by atoms with Gasteiger partial charge in [0.1, 0.15) is 0 Å². The zero-order chi connectivity index (χ0) is 13.7. The first kappa shape index (κ1) is 14.1. The summed E-state index contributed by atoms with van der Waals surface area (Å²) in [6, 6.07) is 1.79. The molecule has 1 aromatic rings. The topological polar surface area (TPSA) is 72.2 Å². The molecule has 0 saturated heterocycles. The number of carboxylic acids is 1. The van der Waals surface area contributed by atoms with Crippen LogP contribution in [0.1, 0.15) is 44.6 Å². The molecule has 0 unspecified atom stereocenters. The highest BCUT2D eigenvalue weighted by Crippen LogP contribution is 2.29. The minimum absolute atomic E-state index is 0.0663. The van der Waals surface area contributed by atoms with E-state index in [0.29, 0.717) is 11.2 Å². The van der Waals surface area contributed by atoms with E-state index in [2.05, 4.69) is 4.98 Å². The molecular formula is C13H18N2O3S. The van der Waals surface area contributed by atoms with Crippen molar-refractivity contribution < 1.29 is 9.90 Å². The standard InChI is InChI=1S/C13H18N2O3S/c16-11-7-8-15(10-5-3-1-2-4-6-10)13(14-11)19-9-12(17)18/h7-8,10H,1-6,9H2,(H,17,18). The molecule has 19 heavy (non-hydrogen) atoms. The van der Waals surface area contributed by atoms with Crippen molar-refractivity contribution in [2.24, 2.45) is 0 Å². The number of aliphatic carboxylic acids is 1. The van der Waals surface area contributed by atoms with Gasteiger partial charge < -0.3 is 9.67 Å². The van der Waals surface area contributed by atoms with E-state index in [1.165, 1.54) is 31.7 Å². The Balaban J connectivity index is 2.21. The van der Waals surface area contributed by atoms with Crippen LogP contribution in [0, 0.1) is 0 Å². The van der Waals surface area contributed by atoms with Crippen LogP contribution in [-0.2, 0) is 4.79 Å². The Morgan fingerprint density at radius 3 is 2.68 bits per heavy atom. The fourth-order valence-corrected chi connectivity index (χ4v) is 3.21. The van der Waals surface area contributed by atoms with Crippen molar-refractivity contribution in [1.82, 2.24) is 9.55 Å². The highest BCUT2D eigenvalue weighted by Gasteiger charge is 2.17. The molecule has 1 aliphatic rings. The van der Waals surface area contributed by atoms with Crippen LogP contribution < -0.4 is 5.56 Å². The summed E-state index contributed by atoms with van der Waals surface area (Å²) in [5.74, 6) is -0.959. The smallest absolute Gasteiger partial charge is 0.313 e. The predicted molar refractivity (Wildman–Crippen MR) is 73.6 cm³/mol. The summed E-state index contributed by atoms with van der Waals surface area (Å²) in [6.07, 6.45) is 8.77. The minimum Gasteiger partial charge on any atom is -0.481 e. The number of nitrogens with zero attached hydrogens (tertiary/aromatic N) is 2. The number of aromatic nitrogens is 2. The molecule has 2 rings (SSSR count). The Morgan fingerprint density at radius 1 is 1.37 bits per heavy atom. The fraction of sp³-hybridized carbons (Fsp3) is 0.615. The van der Waals surface area contributed by atoms with Crippen molar-refractivity contribution >= 4 is 17.7 Å². The summed E-state index contributed by atoms with van der Waals surface area (Å²) in [5.41, 5.74) is -0.308. The van der Waals surface area contributed by atoms with E-state index in [4.69, 9.17) is 5.11 Å². The van der Waals surface area contributed by atoms with Gasteiger partial charge in [-0.2, -0.15) is 4.98 Å². The second kappa shape index (κ2) is 6.75. The number of hydrogen-bond donors (Lipinski definition) is 1. The van der Waals surface area contributed by atoms with Crippen LogP contribution in [0.5, 0.6) is 0 Å². The van der Waals surface area contributed by atoms with E-state index in [9.17, 15) is 9.59 Å². The normalized spacial score (nSPS) is 17.1. The summed E-state index contributed by atoms with van der Waals surface area (Å²) < 4.78 is 1.99. The molecule has 1 aliphatic carbocycles. The SMILES string of the molecule is O=C(O)CSc1nc(=O)ccn1C1CCCCCC1. The summed E-state index contributed by atoms with van der Waals surface area (Å²) >= 11 is 1.12. The van der Waals surface area contributed by atoms with Gasteiger partial charge in [-0.25, -0.2) is 0 Å². The maximum absolute atomic E-state index is 11.4. The first-order chi connectivity index (χ1) is 9.16. The molecule has 1 aromatic heterocycles. The highest BCUT2D eigenvalue weighted by atomic mass is 32.2. The van der Waals surface area contributed by atoms with Gasteiger partial charge in [0.05, 0.1) is 5.75 Å². The molecule has 0 aliphatic heterocycles. The number of carboxylic acid groups (broad SMARTS) is 1. The van der Waals surface area contributed by atoms with Crippen LogP contribution in [0.3, 0.4) is 0 Å². The van der Waals surface area contributed by atoms with Gasteiger partial charge in [-0.15, -0.1) is 0 Å². The van der Waals surface area contributed by atoms with Crippen molar-refractivity contribution in [2.75, 3.05) is 5.75 Å². The largest absolute Gasteiger partial charge is 0.481 e. The van der Waals surface area contributed by atoms with Gasteiger partial charge in [-0.1, -0.05) is 37.4 Å². The van der Waals surface area contributed by atoms with Crippen molar-refractivity contribution in [3.8, 4) is 0 Å². The highest BCUT2D eigenvalue weighted by molar-refractivity contribution is 7.99. The zero-order valence-electron chi connectivity index (χ0n) is 10.7. The number of carbonyl (C=O) groups is 1. The Labute approximate surface area is 116 Å². The first-order valence-electron chi connectivity index (χ1n) is 6.60. The van der Waals surface area contributed by atoms with Gasteiger partial charge in [0.25, 0.3) is 5.56 Å². The molecule has 1 saturated carbocycles. The Morgan fingerprint density at radius 2 is 2.05 bits per heavy atom. The Bertz CT molecular complexity index is 493. The van der Waals surface area contributed by atoms with E-state index in [1.807, 2.05) is 4.57 Å². The monoisotopic (exact) mass is 282 g/mol. The van der Waals surface area contributed by atoms with Crippen LogP contribution in [0.25, 0.3) is 0 Å². The number of rotatable bonds is 4. The molecule has 1 fully saturated rings. The quantitative estimate of drug-likeness (QED) is 0.521. The van der Waals surface area contributed by atoms with Gasteiger partial charge in [-0.3, -0.25) is 9.59 Å². The molecule has 0 spiro atoms. The van der Waals surface area contributed by atoms with Crippen molar-refractivity contribution in [3.05, 3.63) is 22.6 Å². The molecule has 0 amide bonds. The van der Waals surface area contributed by atoms with Gasteiger partial charge in [0.15, 0.2) is 5.16 Å². The molecule has 0 aromatic carbocycles. The predicted octanol–water partition coefficient (Wildman–Crippen LogP) is 2.32. The molecule has 5 nitrogen and oxygen atoms in total. The Hall–Kier alpha value is -1.30. The number of thioether (sulfide) groups is 1. The van der Waals surface area contributed by atoms with Gasteiger partial charge in [0, 0.05) is 18.3 Å². The van der Waals surface area contributed by atoms with Crippen LogP contribution in [0.4, 0.5) is 0 Å². The van der Waals surface area contributed by atoms with Gasteiger partial charge in [-0.05, 0) is 12.8 Å². The van der Waals surface area contributed by atoms with E-state index in [-0.39, 0.29) is 11.3 Å². The van der Waals surface area contributed by atoms with E-state index in [0.717, 1.165) is 24.6 Å². The van der Waals surface area contributed by atoms with Crippen LogP contribution in [0.2, 0.25) is 0 Å². The van der Waals surface area contributed by atoms with E-state index < -0.39 is 5.97 Å². The van der Waals surface area contributed by atoms with Crippen LogP contribution in [0.15, 0.2) is 22.2 Å². The van der Waals surface area contributed by atoms with Crippen LogP contribution in [-0.4, -0.2) is 26.4 Å². The lowest BCUT2D eigenvalue weighted by atomic mass is 10.1. The maximum atomic E-state index is 11.4. The molecule has 6 heteroatoms. The average molecular weight is 282 g/mol. The minimum atomic E-state index is -0.893. The molecule has 1 heterocycles. The summed E-state index contributed by atoms with van der Waals surface area (Å²) in [5, 5.41) is 9.28. The van der Waals surface area contributed by atoms with Gasteiger partial charge in [0.2, 0.25) is 0 Å². The average Bonchev–Trinajstić information content (AvgIpc) is 2.65. The third-order valence-corrected chi connectivity index (χ3v) is 4.30. The lowest BCUT2D eigenvalue weighted by molar-refractivity contribution is -0.133. The molecule has 1 N–H and O–H groups in total. The van der Waals surface area contributed by atoms with Crippen molar-refractivity contribution in [3.63, 3.8) is 0 Å². The summed E-state index contributed by atoms with van der Waals surface area (Å²) in [6.45, 7) is 0. The molecule has 0 radical (unpaired) electrons. The third kappa shape index (κ3) is 4.09. The molecule has 104 valence electrons. The summed E-state index contributed by atoms with van der Waals surface area (Å²) in [7, 11) is 0. The maximum Gasteiger partial charge on any atom is 0.313 e. The molecular weight excluding hydrogens is 264 g/mol.